The van der Waals surface area contributed by atoms with Gasteiger partial charge in [-0.3, -0.25) is 4.79 Å². The van der Waals surface area contributed by atoms with Gasteiger partial charge in [-0.05, 0) is 99.5 Å². The average molecular weight is 520 g/mol. The van der Waals surface area contributed by atoms with E-state index >= 15 is 0 Å². The lowest BCUT2D eigenvalue weighted by Crippen LogP contribution is -2.44. The number of halogens is 1. The molecule has 6 heteroatoms. The van der Waals surface area contributed by atoms with Crippen LogP contribution in [0, 0.1) is 11.7 Å². The highest BCUT2D eigenvalue weighted by Gasteiger charge is 2.41. The largest absolute Gasteiger partial charge is 0.481 e. The van der Waals surface area contributed by atoms with Gasteiger partial charge in [0.05, 0.1) is 11.5 Å². The van der Waals surface area contributed by atoms with Crippen molar-refractivity contribution in [3.8, 4) is 0 Å². The van der Waals surface area contributed by atoms with Gasteiger partial charge in [-0.15, -0.1) is 0 Å². The fraction of sp³-hybridized carbons (Fsp3) is 0.406. The molecule has 1 aliphatic heterocycles. The van der Waals surface area contributed by atoms with Crippen LogP contribution in [0.25, 0.3) is 0 Å². The molecule has 0 amide bonds. The maximum absolute atomic E-state index is 13.6. The van der Waals surface area contributed by atoms with Crippen LogP contribution in [-0.4, -0.2) is 45.8 Å². The van der Waals surface area contributed by atoms with Crippen molar-refractivity contribution in [1.29, 1.82) is 0 Å². The van der Waals surface area contributed by atoms with E-state index in [4.69, 9.17) is 0 Å². The summed E-state index contributed by atoms with van der Waals surface area (Å²) in [6, 6.07) is 23.0. The summed E-state index contributed by atoms with van der Waals surface area (Å²) in [5.74, 6) is -1.19. The second-order valence-electron chi connectivity index (χ2n) is 11.0. The summed E-state index contributed by atoms with van der Waals surface area (Å²) >= 11 is 0. The van der Waals surface area contributed by atoms with Gasteiger partial charge in [0.15, 0.2) is 0 Å². The molecule has 1 heterocycles. The van der Waals surface area contributed by atoms with Crippen LogP contribution < -0.4 is 0 Å². The highest BCUT2D eigenvalue weighted by molar-refractivity contribution is 5.80. The number of likely N-dealkylation sites (tertiary alicyclic amines) is 1. The summed E-state index contributed by atoms with van der Waals surface area (Å²) in [5.41, 5.74) is 0.883. The molecule has 2 atom stereocenters. The molecular formula is C32H38FNO4. The number of carbonyl (C=O) groups is 1. The van der Waals surface area contributed by atoms with Crippen molar-refractivity contribution in [2.24, 2.45) is 5.92 Å². The Labute approximate surface area is 224 Å². The van der Waals surface area contributed by atoms with Gasteiger partial charge in [-0.25, -0.2) is 4.39 Å². The quantitative estimate of drug-likeness (QED) is 0.323. The standard InChI is InChI=1S/C32H38FNO4/c1-31(2,30(36)37)24-12-10-23(11-13-24)29(35)9-6-20-34-21-18-27(19-22-34)32(38,25-7-4-3-5-8-25)26-14-16-28(33)17-15-26/h3-5,7-8,10-17,27,29,35,38H,6,9,18-22H2,1-2H3,(H,36,37). The van der Waals surface area contributed by atoms with Crippen LogP contribution >= 0.6 is 0 Å². The van der Waals surface area contributed by atoms with Crippen LogP contribution in [0.15, 0.2) is 78.9 Å². The molecule has 202 valence electrons. The molecule has 3 aromatic carbocycles. The summed E-state index contributed by atoms with van der Waals surface area (Å²) in [4.78, 5) is 13.9. The number of carboxylic acids is 1. The van der Waals surface area contributed by atoms with Gasteiger partial charge in [-0.1, -0.05) is 66.7 Å². The number of nitrogens with zero attached hydrogens (tertiary/aromatic N) is 1. The van der Waals surface area contributed by atoms with Crippen molar-refractivity contribution in [3.63, 3.8) is 0 Å². The van der Waals surface area contributed by atoms with E-state index in [0.717, 1.165) is 50.0 Å². The number of aliphatic carboxylic acids is 1. The van der Waals surface area contributed by atoms with Gasteiger partial charge in [0.25, 0.3) is 0 Å². The average Bonchev–Trinajstić information content (AvgIpc) is 2.94. The molecular weight excluding hydrogens is 481 g/mol. The molecule has 0 spiro atoms. The maximum Gasteiger partial charge on any atom is 0.313 e. The van der Waals surface area contributed by atoms with E-state index in [9.17, 15) is 24.5 Å². The van der Waals surface area contributed by atoms with Crippen LogP contribution in [0.5, 0.6) is 0 Å². The van der Waals surface area contributed by atoms with Crippen LogP contribution in [-0.2, 0) is 15.8 Å². The Morgan fingerprint density at radius 2 is 1.47 bits per heavy atom. The van der Waals surface area contributed by atoms with E-state index in [1.165, 1.54) is 12.1 Å². The summed E-state index contributed by atoms with van der Waals surface area (Å²) in [5, 5.41) is 32.1. The van der Waals surface area contributed by atoms with Gasteiger partial charge in [-0.2, -0.15) is 0 Å². The molecule has 0 saturated carbocycles. The number of benzene rings is 3. The minimum Gasteiger partial charge on any atom is -0.481 e. The summed E-state index contributed by atoms with van der Waals surface area (Å²) in [7, 11) is 0. The number of hydrogen-bond donors (Lipinski definition) is 3. The van der Waals surface area contributed by atoms with E-state index in [2.05, 4.69) is 4.90 Å². The Kier molecular flexibility index (Phi) is 8.66. The lowest BCUT2D eigenvalue weighted by atomic mass is 9.72. The maximum atomic E-state index is 13.6. The van der Waals surface area contributed by atoms with Crippen LogP contribution in [0.3, 0.4) is 0 Å². The van der Waals surface area contributed by atoms with Gasteiger partial charge in [0.1, 0.15) is 11.4 Å². The molecule has 4 rings (SSSR count). The first-order chi connectivity index (χ1) is 18.1. The third kappa shape index (κ3) is 5.98. The molecule has 3 N–H and O–H groups in total. The second-order valence-corrected chi connectivity index (χ2v) is 11.0. The second kappa shape index (κ2) is 11.8. The van der Waals surface area contributed by atoms with E-state index in [1.807, 2.05) is 42.5 Å². The Bertz CT molecular complexity index is 1190. The summed E-state index contributed by atoms with van der Waals surface area (Å²) in [6.07, 6.45) is 2.47. The molecule has 2 unspecified atom stereocenters. The van der Waals surface area contributed by atoms with E-state index in [-0.39, 0.29) is 11.7 Å². The lowest BCUT2D eigenvalue weighted by molar-refractivity contribution is -0.142. The summed E-state index contributed by atoms with van der Waals surface area (Å²) in [6.45, 7) is 5.88. The third-order valence-electron chi connectivity index (χ3n) is 8.18. The van der Waals surface area contributed by atoms with Crippen molar-refractivity contribution in [2.45, 2.75) is 56.7 Å². The van der Waals surface area contributed by atoms with Crippen molar-refractivity contribution < 1.29 is 24.5 Å². The SMILES string of the molecule is CC(C)(C(=O)O)c1ccc(C(O)CCCN2CCC(C(O)(c3ccccc3)c3ccc(F)cc3)CC2)cc1. The van der Waals surface area contributed by atoms with Crippen molar-refractivity contribution in [2.75, 3.05) is 19.6 Å². The van der Waals surface area contributed by atoms with E-state index in [0.29, 0.717) is 17.5 Å². The first kappa shape index (κ1) is 28.0. The molecule has 0 bridgehead atoms. The van der Waals surface area contributed by atoms with E-state index in [1.54, 1.807) is 38.1 Å². The summed E-state index contributed by atoms with van der Waals surface area (Å²) < 4.78 is 13.6. The van der Waals surface area contributed by atoms with Crippen LogP contribution in [0.1, 0.15) is 67.9 Å². The first-order valence-electron chi connectivity index (χ1n) is 13.4. The number of aliphatic hydroxyl groups is 2. The minimum absolute atomic E-state index is 0.00534. The molecule has 0 radical (unpaired) electrons. The van der Waals surface area contributed by atoms with Crippen molar-refractivity contribution in [1.82, 2.24) is 4.90 Å². The molecule has 0 aromatic heterocycles. The van der Waals surface area contributed by atoms with Gasteiger partial charge in [0, 0.05) is 0 Å². The number of rotatable bonds is 10. The zero-order valence-electron chi connectivity index (χ0n) is 22.2. The molecule has 1 aliphatic rings. The van der Waals surface area contributed by atoms with Gasteiger partial charge in [0.2, 0.25) is 0 Å². The number of carboxylic acid groups (broad SMARTS) is 1. The normalized spacial score (nSPS) is 17.6. The molecule has 1 fully saturated rings. The topological polar surface area (TPSA) is 81.0 Å². The fourth-order valence-electron chi connectivity index (χ4n) is 5.53. The highest BCUT2D eigenvalue weighted by atomic mass is 19.1. The monoisotopic (exact) mass is 519 g/mol. The van der Waals surface area contributed by atoms with Gasteiger partial charge >= 0.3 is 5.97 Å². The number of aliphatic hydroxyl groups excluding tert-OH is 1. The minimum atomic E-state index is -1.18. The van der Waals surface area contributed by atoms with Crippen LogP contribution in [0.4, 0.5) is 4.39 Å². The zero-order chi connectivity index (χ0) is 27.3. The first-order valence-corrected chi connectivity index (χ1v) is 13.4. The Morgan fingerprint density at radius 1 is 0.921 bits per heavy atom. The molecule has 3 aromatic rings. The number of piperidine rings is 1. The molecule has 0 aliphatic carbocycles. The molecule has 5 nitrogen and oxygen atoms in total. The van der Waals surface area contributed by atoms with Gasteiger partial charge < -0.3 is 20.2 Å². The van der Waals surface area contributed by atoms with Crippen molar-refractivity contribution >= 4 is 5.97 Å². The van der Waals surface area contributed by atoms with Crippen molar-refractivity contribution in [3.05, 3.63) is 107 Å². The highest BCUT2D eigenvalue weighted by Crippen LogP contribution is 2.42. The Morgan fingerprint density at radius 3 is 2.05 bits per heavy atom. The number of hydrogen-bond acceptors (Lipinski definition) is 4. The van der Waals surface area contributed by atoms with E-state index < -0.39 is 23.1 Å². The molecule has 38 heavy (non-hydrogen) atoms. The van der Waals surface area contributed by atoms with Crippen LogP contribution in [0.2, 0.25) is 0 Å². The Balaban J connectivity index is 1.32. The third-order valence-corrected chi connectivity index (χ3v) is 8.18. The Hall–Kier alpha value is -3.06. The predicted octanol–water partition coefficient (Wildman–Crippen LogP) is 5.65. The predicted molar refractivity (Wildman–Crippen MR) is 146 cm³/mol. The fourth-order valence-corrected chi connectivity index (χ4v) is 5.53. The lowest BCUT2D eigenvalue weighted by Gasteiger charge is -2.42. The smallest absolute Gasteiger partial charge is 0.313 e. The molecule has 1 saturated heterocycles. The zero-order valence-corrected chi connectivity index (χ0v) is 22.2.